The first-order valence-electron chi connectivity index (χ1n) is 19.4. The molecule has 0 spiro atoms. The number of carboxylic acid groups (broad SMARTS) is 1. The Hall–Kier alpha value is -2.67. The van der Waals surface area contributed by atoms with E-state index in [1.165, 1.54) is 0 Å². The minimum atomic E-state index is -1.17. The third kappa shape index (κ3) is 5.81. The highest BCUT2D eigenvalue weighted by Gasteiger charge is 2.71. The number of aliphatic carboxylic acids is 1. The molecule has 0 unspecified atom stereocenters. The van der Waals surface area contributed by atoms with Gasteiger partial charge in [-0.25, -0.2) is 0 Å². The summed E-state index contributed by atoms with van der Waals surface area (Å²) in [6.45, 7) is 19.8. The van der Waals surface area contributed by atoms with Crippen molar-refractivity contribution in [2.75, 3.05) is 0 Å². The lowest BCUT2D eigenvalue weighted by molar-refractivity contribution is -0.233. The Balaban J connectivity index is 1.28. The largest absolute Gasteiger partial charge is 0.481 e. The minimum Gasteiger partial charge on any atom is -0.481 e. The number of rotatable bonds is 8. The van der Waals surface area contributed by atoms with Crippen molar-refractivity contribution in [3.8, 4) is 0 Å². The highest BCUT2D eigenvalue weighted by atomic mass is 35.5. The second-order valence-electron chi connectivity index (χ2n) is 19.3. The number of hydrogen-bond donors (Lipinski definition) is 2. The van der Waals surface area contributed by atoms with Crippen molar-refractivity contribution in [1.82, 2.24) is 5.32 Å². The van der Waals surface area contributed by atoms with E-state index in [4.69, 9.17) is 16.3 Å². The summed E-state index contributed by atoms with van der Waals surface area (Å²) in [5.41, 5.74) is 0.799. The van der Waals surface area contributed by atoms with E-state index in [1.807, 2.05) is 24.3 Å². The van der Waals surface area contributed by atoms with Gasteiger partial charge in [0.25, 0.3) is 0 Å². The van der Waals surface area contributed by atoms with E-state index >= 15 is 0 Å². The predicted molar refractivity (Wildman–Crippen MR) is 199 cm³/mol. The van der Waals surface area contributed by atoms with E-state index in [-0.39, 0.29) is 64.1 Å². The highest BCUT2D eigenvalue weighted by molar-refractivity contribution is 6.30. The standard InChI is InChI=1S/C43H60ClNO6/c1-25(2)34-29(46)22-43(36(48)45-24-26-10-12-27(44)13-11-26)21-20-41(8)28(35(34)43)14-15-31-40(7)18-17-32(51-33(47)23-38(3,4)37(49)50)39(5,6)30(40)16-19-42(31,41)9/h10-13,25,28,30-32H,14-24H2,1-9H3,(H,45,48)(H,49,50)/t28-,30+,31-,32+,40+,41-,42-,43-/m1/s1. The number of amides is 1. The van der Waals surface area contributed by atoms with Gasteiger partial charge in [0, 0.05) is 23.4 Å². The number of ether oxygens (including phenoxy) is 1. The number of ketones is 1. The Morgan fingerprint density at radius 2 is 1.59 bits per heavy atom. The van der Waals surface area contributed by atoms with Gasteiger partial charge < -0.3 is 15.2 Å². The number of nitrogens with one attached hydrogen (secondary N) is 1. The molecule has 0 radical (unpaired) electrons. The molecular weight excluding hydrogens is 662 g/mol. The van der Waals surface area contributed by atoms with Crippen molar-refractivity contribution in [3.63, 3.8) is 0 Å². The first kappa shape index (κ1) is 38.1. The van der Waals surface area contributed by atoms with Crippen molar-refractivity contribution >= 4 is 35.2 Å². The Kier molecular flexibility index (Phi) is 9.50. The second-order valence-corrected chi connectivity index (χ2v) is 19.7. The zero-order chi connectivity index (χ0) is 37.5. The predicted octanol–water partition coefficient (Wildman–Crippen LogP) is 9.35. The summed E-state index contributed by atoms with van der Waals surface area (Å²) >= 11 is 6.11. The molecule has 1 amide bonds. The number of Topliss-reactive ketones (excluding diaryl/α,β-unsaturated/α-hetero) is 1. The molecule has 6 rings (SSSR count). The smallest absolute Gasteiger partial charge is 0.309 e. The van der Waals surface area contributed by atoms with Gasteiger partial charge in [-0.3, -0.25) is 19.2 Å². The summed E-state index contributed by atoms with van der Waals surface area (Å²) in [5, 5.41) is 13.5. The zero-order valence-corrected chi connectivity index (χ0v) is 33.1. The fraction of sp³-hybridized carbons (Fsp3) is 0.721. The number of allylic oxidation sites excluding steroid dienone is 1. The van der Waals surface area contributed by atoms with Crippen LogP contribution in [0.5, 0.6) is 0 Å². The number of carbonyl (C=O) groups excluding carboxylic acids is 3. The van der Waals surface area contributed by atoms with Gasteiger partial charge in [0.15, 0.2) is 5.78 Å². The van der Waals surface area contributed by atoms with Crippen LogP contribution in [-0.2, 0) is 30.5 Å². The molecule has 0 bridgehead atoms. The lowest BCUT2D eigenvalue weighted by atomic mass is 9.33. The molecule has 5 aliphatic rings. The topological polar surface area (TPSA) is 110 Å². The quantitative estimate of drug-likeness (QED) is 0.259. The van der Waals surface area contributed by atoms with Gasteiger partial charge in [-0.05, 0) is 134 Å². The van der Waals surface area contributed by atoms with E-state index in [2.05, 4.69) is 53.8 Å². The van der Waals surface area contributed by atoms with Crippen molar-refractivity contribution in [2.24, 2.45) is 56.2 Å². The van der Waals surface area contributed by atoms with Crippen LogP contribution in [0.1, 0.15) is 132 Å². The Labute approximate surface area is 310 Å². The van der Waals surface area contributed by atoms with Crippen molar-refractivity contribution in [3.05, 3.63) is 46.0 Å². The summed E-state index contributed by atoms with van der Waals surface area (Å²) in [4.78, 5) is 53.2. The van der Waals surface area contributed by atoms with Gasteiger partial charge in [0.1, 0.15) is 6.10 Å². The van der Waals surface area contributed by atoms with Crippen LogP contribution in [0.15, 0.2) is 35.4 Å². The molecule has 4 fully saturated rings. The van der Waals surface area contributed by atoms with Crippen LogP contribution in [0, 0.1) is 56.2 Å². The van der Waals surface area contributed by atoms with Gasteiger partial charge in [0.2, 0.25) is 5.91 Å². The first-order chi connectivity index (χ1) is 23.6. The summed E-state index contributed by atoms with van der Waals surface area (Å²) in [6.07, 6.45) is 7.26. The van der Waals surface area contributed by atoms with Crippen LogP contribution in [0.3, 0.4) is 0 Å². The second kappa shape index (κ2) is 12.7. The SMILES string of the molecule is CC(C)C1=C2[C@H]3CC[C@@H]4[C@@]5(C)CC[C@H](OC(=O)CC(C)(C)C(=O)O)C(C)(C)[C@@H]5CC[C@@]4(C)[C@]3(C)CC[C@@]2(C(=O)NCc2ccc(Cl)cc2)CC1=O. The Morgan fingerprint density at radius 3 is 2.22 bits per heavy atom. The molecule has 7 nitrogen and oxygen atoms in total. The maximum atomic E-state index is 14.4. The molecule has 2 N–H and O–H groups in total. The molecule has 8 atom stereocenters. The van der Waals surface area contributed by atoms with Gasteiger partial charge in [0.05, 0.1) is 17.3 Å². The Bertz CT molecular complexity index is 1640. The van der Waals surface area contributed by atoms with E-state index in [1.54, 1.807) is 13.8 Å². The summed E-state index contributed by atoms with van der Waals surface area (Å²) in [6, 6.07) is 7.55. The van der Waals surface area contributed by atoms with Crippen molar-refractivity contribution < 1.29 is 29.0 Å². The molecule has 1 aromatic carbocycles. The fourth-order valence-electron chi connectivity index (χ4n) is 12.7. The monoisotopic (exact) mass is 721 g/mol. The van der Waals surface area contributed by atoms with E-state index in [9.17, 15) is 24.3 Å². The Morgan fingerprint density at radius 1 is 0.922 bits per heavy atom. The van der Waals surface area contributed by atoms with Gasteiger partial charge in [-0.2, -0.15) is 0 Å². The third-order valence-electron chi connectivity index (χ3n) is 15.6. The van der Waals surface area contributed by atoms with Crippen LogP contribution >= 0.6 is 11.6 Å². The number of esters is 1. The lowest BCUT2D eigenvalue weighted by Gasteiger charge is -2.72. The van der Waals surface area contributed by atoms with E-state index in [0.717, 1.165) is 61.7 Å². The third-order valence-corrected chi connectivity index (χ3v) is 15.9. The number of hydrogen-bond acceptors (Lipinski definition) is 5. The lowest BCUT2D eigenvalue weighted by Crippen LogP contribution is -2.66. The number of carbonyl (C=O) groups is 4. The number of fused-ring (bicyclic) bond motifs is 7. The average molecular weight is 722 g/mol. The summed E-state index contributed by atoms with van der Waals surface area (Å²) in [7, 11) is 0. The molecule has 0 saturated heterocycles. The normalized spacial score (nSPS) is 37.2. The maximum Gasteiger partial charge on any atom is 0.309 e. The van der Waals surface area contributed by atoms with E-state index in [0.29, 0.717) is 29.8 Å². The summed E-state index contributed by atoms with van der Waals surface area (Å²) in [5.74, 6) is -0.262. The number of carboxylic acids is 1. The molecular formula is C43H60ClNO6. The maximum absolute atomic E-state index is 14.4. The number of benzene rings is 1. The van der Waals surface area contributed by atoms with Crippen LogP contribution in [-0.4, -0.2) is 34.8 Å². The molecule has 5 aliphatic carbocycles. The molecule has 4 saturated carbocycles. The highest BCUT2D eigenvalue weighted by Crippen LogP contribution is 2.76. The van der Waals surface area contributed by atoms with Crippen LogP contribution < -0.4 is 5.32 Å². The molecule has 0 aliphatic heterocycles. The van der Waals surface area contributed by atoms with E-state index < -0.39 is 22.8 Å². The molecule has 0 aromatic heterocycles. The molecule has 51 heavy (non-hydrogen) atoms. The molecule has 8 heteroatoms. The molecule has 280 valence electrons. The molecule has 1 aromatic rings. The average Bonchev–Trinajstić information content (AvgIpc) is 3.35. The zero-order valence-electron chi connectivity index (χ0n) is 32.3. The first-order valence-corrected chi connectivity index (χ1v) is 19.8. The van der Waals surface area contributed by atoms with Gasteiger partial charge in [-0.15, -0.1) is 0 Å². The van der Waals surface area contributed by atoms with Crippen molar-refractivity contribution in [1.29, 1.82) is 0 Å². The number of halogens is 1. The molecule has 0 heterocycles. The summed E-state index contributed by atoms with van der Waals surface area (Å²) < 4.78 is 6.15. The fourth-order valence-corrected chi connectivity index (χ4v) is 12.8. The van der Waals surface area contributed by atoms with Gasteiger partial charge in [-0.1, -0.05) is 72.2 Å². The van der Waals surface area contributed by atoms with Crippen LogP contribution in [0.4, 0.5) is 0 Å². The minimum absolute atomic E-state index is 0.0113. The van der Waals surface area contributed by atoms with Crippen LogP contribution in [0.2, 0.25) is 5.02 Å². The van der Waals surface area contributed by atoms with Gasteiger partial charge >= 0.3 is 11.9 Å². The van der Waals surface area contributed by atoms with Crippen LogP contribution in [0.25, 0.3) is 0 Å². The van der Waals surface area contributed by atoms with Crippen molar-refractivity contribution in [2.45, 2.75) is 139 Å².